The van der Waals surface area contributed by atoms with Crippen LogP contribution in [0.25, 0.3) is 28.0 Å². The summed E-state index contributed by atoms with van der Waals surface area (Å²) in [5.41, 5.74) is 15.0. The Kier molecular flexibility index (Phi) is 18.1. The van der Waals surface area contributed by atoms with E-state index in [1.807, 2.05) is 106 Å². The predicted molar refractivity (Wildman–Crippen MR) is 267 cm³/mol. The highest BCUT2D eigenvalue weighted by molar-refractivity contribution is 5.89. The molecule has 0 radical (unpaired) electrons. The molecule has 8 aromatic rings. The number of aliphatic imine (C=N–C) groups is 2. The fourth-order valence-electron chi connectivity index (χ4n) is 7.05. The van der Waals surface area contributed by atoms with Gasteiger partial charge in [-0.2, -0.15) is 5.10 Å². The van der Waals surface area contributed by atoms with E-state index < -0.39 is 0 Å². The minimum Gasteiger partial charge on any atom is -0.361 e. The van der Waals surface area contributed by atoms with Crippen LogP contribution >= 0.6 is 0 Å². The van der Waals surface area contributed by atoms with Gasteiger partial charge in [-0.05, 0) is 133 Å². The van der Waals surface area contributed by atoms with E-state index in [2.05, 4.69) is 42.2 Å². The zero-order chi connectivity index (χ0) is 46.8. The molecule has 338 valence electrons. The molecule has 4 aromatic carbocycles. The number of fused-ring (bicyclic) bond motifs is 5. The number of allylic oxidation sites excluding steroid dienone is 1. The number of carbonyl (C=O) groups is 6. The fraction of sp³-hybridized carbons (Fsp3) is 0.148. The van der Waals surface area contributed by atoms with Gasteiger partial charge in [0, 0.05) is 101 Å². The number of aromatic nitrogens is 5. The normalized spacial score (nSPS) is 11.4. The Labute approximate surface area is 388 Å². The molecule has 2 aliphatic heterocycles. The standard InChI is InChI=1S/2C10H9NO.C10H8O.C9H7NO.C8H6N2O.C6H8N2O.CH4/c2*1-7-4-10-8(2-3-11-10)5-9(7)6-12;11-7-8-4-5-9-2-1-3-10(9)6-8;11-6-7-1-2-9-8(5-7)3-4-10-9;11-5-6-3-7-1-2-9-8(7)10-4-6;1-2-8-6(5-9)3-4-7-8;/h3-6H,2H2,1H3;2-6,11H,1H3;1-2,4-7H,3H2;1-2,4-6H,3H2;1-5H,(H,9,10);3-5H,2H2,1H3;1H4. The average Bonchev–Trinajstić information content (AvgIpc) is 4.23. The maximum atomic E-state index is 10.6. The molecular formula is C54H51N7O6. The lowest BCUT2D eigenvalue weighted by molar-refractivity contribution is 0.110. The smallest absolute Gasteiger partial charge is 0.168 e. The van der Waals surface area contributed by atoms with Gasteiger partial charge in [-0.1, -0.05) is 31.7 Å². The van der Waals surface area contributed by atoms with Crippen molar-refractivity contribution in [3.8, 4) is 0 Å². The van der Waals surface area contributed by atoms with Gasteiger partial charge in [0.25, 0.3) is 0 Å². The van der Waals surface area contributed by atoms with Crippen molar-refractivity contribution in [2.75, 3.05) is 0 Å². The van der Waals surface area contributed by atoms with Crippen molar-refractivity contribution in [2.24, 2.45) is 9.98 Å². The lowest BCUT2D eigenvalue weighted by Gasteiger charge is -2.01. The van der Waals surface area contributed by atoms with Crippen LogP contribution in [0.4, 0.5) is 11.4 Å². The molecule has 67 heavy (non-hydrogen) atoms. The summed E-state index contributed by atoms with van der Waals surface area (Å²) < 4.78 is 1.65. The molecule has 1 aliphatic carbocycles. The van der Waals surface area contributed by atoms with Crippen LogP contribution in [-0.2, 0) is 25.8 Å². The van der Waals surface area contributed by atoms with Gasteiger partial charge in [-0.3, -0.25) is 43.4 Å². The molecule has 0 atom stereocenters. The zero-order valence-corrected chi connectivity index (χ0v) is 36.7. The number of rotatable bonds is 7. The van der Waals surface area contributed by atoms with E-state index in [1.165, 1.54) is 11.1 Å². The summed E-state index contributed by atoms with van der Waals surface area (Å²) in [7, 11) is 0. The first-order valence-electron chi connectivity index (χ1n) is 21.0. The molecule has 0 saturated heterocycles. The number of aromatic amines is 2. The predicted octanol–water partition coefficient (Wildman–Crippen LogP) is 10.9. The number of nitrogens with zero attached hydrogens (tertiary/aromatic N) is 5. The molecule has 6 heterocycles. The van der Waals surface area contributed by atoms with E-state index in [-0.39, 0.29) is 7.43 Å². The summed E-state index contributed by atoms with van der Waals surface area (Å²) in [6.45, 7) is 6.56. The Balaban J connectivity index is 0.000000150. The van der Waals surface area contributed by atoms with Gasteiger partial charge in [0.15, 0.2) is 12.6 Å². The van der Waals surface area contributed by atoms with Gasteiger partial charge in [0.1, 0.15) is 36.5 Å². The maximum absolute atomic E-state index is 10.6. The topological polar surface area (TPSA) is 189 Å². The largest absolute Gasteiger partial charge is 0.361 e. The van der Waals surface area contributed by atoms with Crippen LogP contribution in [-0.4, -0.2) is 74.9 Å². The molecule has 0 bridgehead atoms. The lowest BCUT2D eigenvalue weighted by Crippen LogP contribution is -2.00. The van der Waals surface area contributed by atoms with Gasteiger partial charge < -0.3 is 9.97 Å². The van der Waals surface area contributed by atoms with Crippen LogP contribution < -0.4 is 0 Å². The zero-order valence-electron chi connectivity index (χ0n) is 36.7. The number of nitrogens with one attached hydrogen (secondary N) is 2. The number of aldehydes is 6. The maximum Gasteiger partial charge on any atom is 0.168 e. The van der Waals surface area contributed by atoms with Crippen molar-refractivity contribution in [3.63, 3.8) is 0 Å². The second-order valence-electron chi connectivity index (χ2n) is 15.1. The minimum absolute atomic E-state index is 0. The third-order valence-corrected chi connectivity index (χ3v) is 10.6. The van der Waals surface area contributed by atoms with Crippen molar-refractivity contribution >= 4 is 89.5 Å². The molecule has 13 heteroatoms. The number of aryl methyl sites for hydroxylation is 3. The molecule has 11 rings (SSSR count). The van der Waals surface area contributed by atoms with E-state index in [0.717, 1.165) is 141 Å². The molecule has 0 spiro atoms. The highest BCUT2D eigenvalue weighted by Crippen LogP contribution is 2.27. The van der Waals surface area contributed by atoms with E-state index in [0.29, 0.717) is 11.3 Å². The van der Waals surface area contributed by atoms with Crippen LogP contribution in [0, 0.1) is 13.8 Å². The van der Waals surface area contributed by atoms with E-state index in [9.17, 15) is 28.8 Å². The van der Waals surface area contributed by atoms with Crippen molar-refractivity contribution in [1.82, 2.24) is 24.7 Å². The summed E-state index contributed by atoms with van der Waals surface area (Å²) in [6.07, 6.45) is 22.6. The molecule has 0 saturated carbocycles. The first-order chi connectivity index (χ1) is 32.2. The second-order valence-corrected chi connectivity index (χ2v) is 15.1. The summed E-state index contributed by atoms with van der Waals surface area (Å²) in [5, 5.41) is 5.94. The molecule has 0 fully saturated rings. The van der Waals surface area contributed by atoms with Crippen molar-refractivity contribution in [3.05, 3.63) is 183 Å². The van der Waals surface area contributed by atoms with Gasteiger partial charge in [0.2, 0.25) is 0 Å². The van der Waals surface area contributed by atoms with E-state index in [4.69, 9.17) is 0 Å². The van der Waals surface area contributed by atoms with Crippen molar-refractivity contribution < 1.29 is 28.8 Å². The summed E-state index contributed by atoms with van der Waals surface area (Å²) in [5.74, 6) is 0. The number of carbonyl (C=O) groups excluding carboxylic acids is 6. The number of benzene rings is 4. The number of hydrogen-bond acceptors (Lipinski definition) is 10. The number of hydrogen-bond donors (Lipinski definition) is 2. The van der Waals surface area contributed by atoms with Crippen LogP contribution in [0.15, 0.2) is 126 Å². The van der Waals surface area contributed by atoms with Crippen molar-refractivity contribution in [2.45, 2.75) is 54.0 Å². The minimum atomic E-state index is 0. The molecule has 13 nitrogen and oxygen atoms in total. The van der Waals surface area contributed by atoms with Crippen molar-refractivity contribution in [1.29, 1.82) is 0 Å². The van der Waals surface area contributed by atoms with Gasteiger partial charge >= 0.3 is 0 Å². The average molecular weight is 894 g/mol. The highest BCUT2D eigenvalue weighted by Gasteiger charge is 2.09. The van der Waals surface area contributed by atoms with Gasteiger partial charge in [0.05, 0.1) is 11.4 Å². The third-order valence-electron chi connectivity index (χ3n) is 10.6. The molecule has 4 aromatic heterocycles. The molecule has 0 unspecified atom stereocenters. The molecular weight excluding hydrogens is 843 g/mol. The highest BCUT2D eigenvalue weighted by atomic mass is 16.1. The Morgan fingerprint density at radius 3 is 1.93 bits per heavy atom. The van der Waals surface area contributed by atoms with E-state index >= 15 is 0 Å². The number of pyridine rings is 1. The lowest BCUT2D eigenvalue weighted by atomic mass is 10.0. The first kappa shape index (κ1) is 49.4. The number of H-pyrrole nitrogens is 2. The second kappa shape index (κ2) is 24.5. The van der Waals surface area contributed by atoms with E-state index in [1.54, 1.807) is 41.5 Å². The summed E-state index contributed by atoms with van der Waals surface area (Å²) in [6, 6.07) is 26.4. The Morgan fingerprint density at radius 1 is 0.597 bits per heavy atom. The first-order valence-corrected chi connectivity index (χ1v) is 21.0. The van der Waals surface area contributed by atoms with Gasteiger partial charge in [-0.25, -0.2) is 4.98 Å². The fourth-order valence-corrected chi connectivity index (χ4v) is 7.05. The molecule has 3 aliphatic rings. The quantitative estimate of drug-likeness (QED) is 0.148. The van der Waals surface area contributed by atoms with Crippen LogP contribution in [0.5, 0.6) is 0 Å². The third kappa shape index (κ3) is 13.0. The van der Waals surface area contributed by atoms with Gasteiger partial charge in [-0.15, -0.1) is 0 Å². The summed E-state index contributed by atoms with van der Waals surface area (Å²) >= 11 is 0. The van der Waals surface area contributed by atoms with Crippen LogP contribution in [0.1, 0.15) is 110 Å². The molecule has 2 N–H and O–H groups in total. The summed E-state index contributed by atoms with van der Waals surface area (Å²) in [4.78, 5) is 80.8. The SMILES string of the molecule is C.CCn1nccc1C=O.Cc1cc2[nH]ccc2cc1C=O.Cc1cc2c(cc1C=O)CC=N2.O=Cc1ccc2c(c1)CC=C2.O=Cc1ccc2c(c1)CC=N2.O=Cc1cnc2[nH]ccc2c1. The monoisotopic (exact) mass is 893 g/mol. The Bertz CT molecular complexity index is 3050. The van der Waals surface area contributed by atoms with Crippen LogP contribution in [0.2, 0.25) is 0 Å². The molecule has 0 amide bonds. The van der Waals surface area contributed by atoms with Crippen LogP contribution in [0.3, 0.4) is 0 Å². The Morgan fingerprint density at radius 2 is 1.24 bits per heavy atom. The Hall–Kier alpha value is -8.58.